The Balaban J connectivity index is 2.15. The first kappa shape index (κ1) is 14.2. The molecule has 0 spiro atoms. The van der Waals surface area contributed by atoms with E-state index in [4.69, 9.17) is 17.3 Å². The summed E-state index contributed by atoms with van der Waals surface area (Å²) in [6.45, 7) is -0.0609. The van der Waals surface area contributed by atoms with Crippen LogP contribution >= 0.6 is 11.6 Å². The number of nitrogens with one attached hydrogen (secondary N) is 1. The van der Waals surface area contributed by atoms with Gasteiger partial charge in [0.15, 0.2) is 5.78 Å². The number of hydrogen-bond donors (Lipinski definition) is 2. The van der Waals surface area contributed by atoms with Crippen LogP contribution in [0, 0.1) is 0 Å². The van der Waals surface area contributed by atoms with Gasteiger partial charge >= 0.3 is 0 Å². The van der Waals surface area contributed by atoms with Crippen LogP contribution in [-0.2, 0) is 0 Å². The Labute approximate surface area is 121 Å². The molecule has 0 aliphatic carbocycles. The fraction of sp³-hybridized carbons (Fsp3) is 0.0667. The molecule has 0 heterocycles. The van der Waals surface area contributed by atoms with E-state index < -0.39 is 0 Å². The van der Waals surface area contributed by atoms with Crippen LogP contribution in [0.5, 0.6) is 0 Å². The number of carbonyl (C=O) groups is 2. The third-order valence-corrected chi connectivity index (χ3v) is 2.99. The largest absolute Gasteiger partial charge is 0.324 e. The van der Waals surface area contributed by atoms with E-state index in [-0.39, 0.29) is 18.2 Å². The number of hydrogen-bond acceptors (Lipinski definition) is 3. The number of ketones is 1. The molecule has 0 aliphatic heterocycles. The fourth-order valence-corrected chi connectivity index (χ4v) is 1.82. The van der Waals surface area contributed by atoms with E-state index >= 15 is 0 Å². The third-order valence-electron chi connectivity index (χ3n) is 2.73. The van der Waals surface area contributed by atoms with Crippen molar-refractivity contribution in [1.29, 1.82) is 0 Å². The summed E-state index contributed by atoms with van der Waals surface area (Å²) >= 11 is 5.77. The second-order valence-electron chi connectivity index (χ2n) is 4.17. The molecule has 0 fully saturated rings. The van der Waals surface area contributed by atoms with Gasteiger partial charge in [0, 0.05) is 21.8 Å². The molecule has 0 unspecified atom stereocenters. The first-order chi connectivity index (χ1) is 9.60. The average Bonchev–Trinajstić information content (AvgIpc) is 2.47. The van der Waals surface area contributed by atoms with Gasteiger partial charge in [-0.3, -0.25) is 9.59 Å². The van der Waals surface area contributed by atoms with Gasteiger partial charge in [0.25, 0.3) is 5.91 Å². The van der Waals surface area contributed by atoms with Gasteiger partial charge in [-0.25, -0.2) is 0 Å². The topological polar surface area (TPSA) is 72.2 Å². The van der Waals surface area contributed by atoms with Crippen molar-refractivity contribution in [3.63, 3.8) is 0 Å². The Morgan fingerprint density at radius 1 is 1.05 bits per heavy atom. The van der Waals surface area contributed by atoms with Crippen molar-refractivity contribution in [2.24, 2.45) is 5.73 Å². The lowest BCUT2D eigenvalue weighted by molar-refractivity contribution is 0.0997. The summed E-state index contributed by atoms with van der Waals surface area (Å²) in [5.41, 5.74) is 6.82. The minimum atomic E-state index is -0.265. The second kappa shape index (κ2) is 6.32. The number of carbonyl (C=O) groups excluding carboxylic acids is 2. The predicted octanol–water partition coefficient (Wildman–Crippen LogP) is 2.73. The quantitative estimate of drug-likeness (QED) is 0.850. The summed E-state index contributed by atoms with van der Waals surface area (Å²) in [6, 6.07) is 13.2. The van der Waals surface area contributed by atoms with Gasteiger partial charge < -0.3 is 11.1 Å². The summed E-state index contributed by atoms with van der Waals surface area (Å²) in [5, 5.41) is 3.29. The highest BCUT2D eigenvalue weighted by molar-refractivity contribution is 6.30. The van der Waals surface area contributed by atoms with Crippen LogP contribution in [0.15, 0.2) is 48.5 Å². The molecule has 0 saturated carbocycles. The zero-order valence-electron chi connectivity index (χ0n) is 10.6. The van der Waals surface area contributed by atoms with Crippen molar-refractivity contribution in [3.05, 3.63) is 64.7 Å². The zero-order chi connectivity index (χ0) is 14.5. The van der Waals surface area contributed by atoms with E-state index in [9.17, 15) is 9.59 Å². The number of halogens is 1. The van der Waals surface area contributed by atoms with Gasteiger partial charge in [0.2, 0.25) is 0 Å². The lowest BCUT2D eigenvalue weighted by atomic mass is 10.1. The van der Waals surface area contributed by atoms with Crippen LogP contribution in [0.25, 0.3) is 0 Å². The van der Waals surface area contributed by atoms with Gasteiger partial charge in [0.1, 0.15) is 0 Å². The molecule has 4 nitrogen and oxygen atoms in total. The normalized spacial score (nSPS) is 10.1. The van der Waals surface area contributed by atoms with Crippen LogP contribution in [0.2, 0.25) is 5.02 Å². The van der Waals surface area contributed by atoms with Crippen molar-refractivity contribution >= 4 is 29.0 Å². The summed E-state index contributed by atoms with van der Waals surface area (Å²) < 4.78 is 0. The van der Waals surface area contributed by atoms with E-state index in [1.165, 1.54) is 0 Å². The van der Waals surface area contributed by atoms with Crippen LogP contribution < -0.4 is 11.1 Å². The molecule has 0 aromatic heterocycles. The van der Waals surface area contributed by atoms with E-state index in [0.29, 0.717) is 21.8 Å². The molecule has 1 amide bonds. The van der Waals surface area contributed by atoms with Crippen molar-refractivity contribution in [2.45, 2.75) is 0 Å². The molecule has 0 radical (unpaired) electrons. The molecule has 0 bridgehead atoms. The highest BCUT2D eigenvalue weighted by atomic mass is 35.5. The second-order valence-corrected chi connectivity index (χ2v) is 4.61. The third kappa shape index (κ3) is 3.44. The molecule has 0 aliphatic rings. The molecule has 102 valence electrons. The van der Waals surface area contributed by atoms with E-state index in [1.54, 1.807) is 48.5 Å². The van der Waals surface area contributed by atoms with Crippen LogP contribution in [0.1, 0.15) is 20.7 Å². The highest BCUT2D eigenvalue weighted by Gasteiger charge is 2.08. The van der Waals surface area contributed by atoms with Crippen LogP contribution in [0.4, 0.5) is 5.69 Å². The Kier molecular flexibility index (Phi) is 4.50. The van der Waals surface area contributed by atoms with Crippen LogP contribution in [0.3, 0.4) is 0 Å². The summed E-state index contributed by atoms with van der Waals surface area (Å²) in [5.74, 6) is -0.438. The smallest absolute Gasteiger partial charge is 0.255 e. The van der Waals surface area contributed by atoms with Gasteiger partial charge in [-0.15, -0.1) is 0 Å². The number of Topliss-reactive ketones (excluding diaryl/α,β-unsaturated/α-hetero) is 1. The first-order valence-corrected chi connectivity index (χ1v) is 6.38. The Bertz CT molecular complexity index is 639. The molecule has 2 aromatic rings. The first-order valence-electron chi connectivity index (χ1n) is 6.00. The molecule has 0 saturated heterocycles. The Morgan fingerprint density at radius 2 is 1.75 bits per heavy atom. The molecule has 20 heavy (non-hydrogen) atoms. The summed E-state index contributed by atoms with van der Waals surface area (Å²) in [4.78, 5) is 23.5. The minimum absolute atomic E-state index is 0.0609. The maximum absolute atomic E-state index is 12.0. The van der Waals surface area contributed by atoms with Crippen molar-refractivity contribution in [1.82, 2.24) is 0 Å². The summed E-state index contributed by atoms with van der Waals surface area (Å²) in [6.07, 6.45) is 0. The van der Waals surface area contributed by atoms with Crippen LogP contribution in [-0.4, -0.2) is 18.2 Å². The van der Waals surface area contributed by atoms with Crippen molar-refractivity contribution in [3.8, 4) is 0 Å². The molecule has 2 aromatic carbocycles. The number of benzene rings is 2. The molecular formula is C15H13ClN2O2. The Hall–Kier alpha value is -2.17. The lowest BCUT2D eigenvalue weighted by Crippen LogP contribution is -2.15. The maximum Gasteiger partial charge on any atom is 0.255 e. The number of nitrogens with two attached hydrogens (primary N) is 1. The molecule has 0 atom stereocenters. The minimum Gasteiger partial charge on any atom is -0.324 e. The van der Waals surface area contributed by atoms with Crippen molar-refractivity contribution < 1.29 is 9.59 Å². The van der Waals surface area contributed by atoms with Crippen molar-refractivity contribution in [2.75, 3.05) is 11.9 Å². The van der Waals surface area contributed by atoms with E-state index in [0.717, 1.165) is 0 Å². The number of rotatable bonds is 4. The monoisotopic (exact) mass is 288 g/mol. The van der Waals surface area contributed by atoms with E-state index in [1.807, 2.05) is 0 Å². The fourth-order valence-electron chi connectivity index (χ4n) is 1.69. The molecule has 5 heteroatoms. The van der Waals surface area contributed by atoms with Gasteiger partial charge in [-0.1, -0.05) is 23.7 Å². The number of amides is 1. The molecule has 3 N–H and O–H groups in total. The predicted molar refractivity (Wildman–Crippen MR) is 79.2 cm³/mol. The number of anilines is 1. The van der Waals surface area contributed by atoms with Gasteiger partial charge in [0.05, 0.1) is 6.54 Å². The SMILES string of the molecule is NCC(=O)c1cccc(NC(=O)c2ccc(Cl)cc2)c1. The molecular weight excluding hydrogens is 276 g/mol. The van der Waals surface area contributed by atoms with Gasteiger partial charge in [-0.05, 0) is 36.4 Å². The van der Waals surface area contributed by atoms with E-state index in [2.05, 4.69) is 5.32 Å². The Morgan fingerprint density at radius 3 is 2.40 bits per heavy atom. The average molecular weight is 289 g/mol. The highest BCUT2D eigenvalue weighted by Crippen LogP contribution is 2.14. The summed E-state index contributed by atoms with van der Waals surface area (Å²) in [7, 11) is 0. The molecule has 2 rings (SSSR count). The lowest BCUT2D eigenvalue weighted by Gasteiger charge is -2.07. The maximum atomic E-state index is 12.0. The van der Waals surface area contributed by atoms with Gasteiger partial charge in [-0.2, -0.15) is 0 Å². The zero-order valence-corrected chi connectivity index (χ0v) is 11.4. The standard InChI is InChI=1S/C15H13ClN2O2/c16-12-6-4-10(5-7-12)15(20)18-13-3-1-2-11(8-13)14(19)9-17/h1-8H,9,17H2,(H,18,20).